The van der Waals surface area contributed by atoms with Gasteiger partial charge in [-0.15, -0.1) is 0 Å². The molecule has 1 aliphatic heterocycles. The number of nitrogens with two attached hydrogens (primary N) is 1. The highest BCUT2D eigenvalue weighted by atomic mass is 16.5. The van der Waals surface area contributed by atoms with Crippen molar-refractivity contribution in [1.82, 2.24) is 24.3 Å². The average Bonchev–Trinajstić information content (AvgIpc) is 3.33. The highest BCUT2D eigenvalue weighted by molar-refractivity contribution is 6.04. The zero-order valence-corrected chi connectivity index (χ0v) is 21.6. The van der Waals surface area contributed by atoms with E-state index in [1.165, 1.54) is 0 Å². The number of aromatic nitrogens is 4. The Kier molecular flexibility index (Phi) is 7.32. The van der Waals surface area contributed by atoms with E-state index >= 15 is 0 Å². The highest BCUT2D eigenvalue weighted by Crippen LogP contribution is 2.35. The molecular weight excluding hydrogens is 482 g/mol. The molecular formula is C28H31N7O3. The van der Waals surface area contributed by atoms with Crippen molar-refractivity contribution < 1.29 is 14.3 Å². The molecule has 1 aliphatic rings. The number of carbonyl (C=O) groups excluding carboxylic acids is 2. The van der Waals surface area contributed by atoms with Crippen LogP contribution in [0.3, 0.4) is 0 Å². The second kappa shape index (κ2) is 11.0. The van der Waals surface area contributed by atoms with Crippen LogP contribution in [0, 0.1) is 6.92 Å². The topological polar surface area (TPSA) is 128 Å². The lowest BCUT2D eigenvalue weighted by Crippen LogP contribution is -2.39. The molecule has 10 heteroatoms. The number of benzene rings is 1. The summed E-state index contributed by atoms with van der Waals surface area (Å²) in [5, 5.41) is 2.82. The lowest BCUT2D eigenvalue weighted by molar-refractivity contribution is -0.133. The van der Waals surface area contributed by atoms with Crippen LogP contribution >= 0.6 is 0 Å². The van der Waals surface area contributed by atoms with Gasteiger partial charge in [0.15, 0.2) is 0 Å². The second-order valence-corrected chi connectivity index (χ2v) is 9.47. The number of fused-ring (bicyclic) bond motifs is 1. The molecule has 3 N–H and O–H groups in total. The predicted octanol–water partition coefficient (Wildman–Crippen LogP) is 3.68. The van der Waals surface area contributed by atoms with Gasteiger partial charge in [0.25, 0.3) is 5.91 Å². The van der Waals surface area contributed by atoms with Gasteiger partial charge in [-0.25, -0.2) is 15.0 Å². The first kappa shape index (κ1) is 25.3. The van der Waals surface area contributed by atoms with Gasteiger partial charge in [-0.2, -0.15) is 0 Å². The third-order valence-electron chi connectivity index (χ3n) is 6.92. The van der Waals surface area contributed by atoms with Crippen molar-refractivity contribution in [3.8, 4) is 11.3 Å². The Morgan fingerprint density at radius 2 is 2.05 bits per heavy atom. The number of rotatable bonds is 7. The standard InChI is InChI=1S/C28H31N7O3/c1-18-16-19(28(37)32-22-7-3-4-11-30-22)8-9-21(18)24-25-26(29)31-12-14-35(25)27(33-24)20-6-5-13-34(17-20)23(36)10-15-38-2/h3-4,7-9,11-12,14,16,20H,5-6,10,13,15,17H2,1-2H3,(H2,29,31)(H,30,32,37)/t20-/m1/s1. The van der Waals surface area contributed by atoms with Crippen LogP contribution in [0.4, 0.5) is 11.6 Å². The van der Waals surface area contributed by atoms with Crippen molar-refractivity contribution in [2.75, 3.05) is 37.9 Å². The fourth-order valence-corrected chi connectivity index (χ4v) is 5.02. The van der Waals surface area contributed by atoms with Crippen molar-refractivity contribution in [3.05, 3.63) is 71.9 Å². The quantitative estimate of drug-likeness (QED) is 0.386. The molecule has 0 bridgehead atoms. The van der Waals surface area contributed by atoms with E-state index in [9.17, 15) is 9.59 Å². The van der Waals surface area contributed by atoms with Gasteiger partial charge < -0.3 is 20.7 Å². The minimum Gasteiger partial charge on any atom is -0.384 e. The predicted molar refractivity (Wildman–Crippen MR) is 145 cm³/mol. The van der Waals surface area contributed by atoms with Crippen molar-refractivity contribution in [1.29, 1.82) is 0 Å². The monoisotopic (exact) mass is 513 g/mol. The van der Waals surface area contributed by atoms with Gasteiger partial charge in [-0.1, -0.05) is 12.1 Å². The molecule has 4 aromatic rings. The summed E-state index contributed by atoms with van der Waals surface area (Å²) in [6, 6.07) is 10.9. The van der Waals surface area contributed by atoms with Gasteiger partial charge in [-0.05, 0) is 49.6 Å². The number of ether oxygens (including phenoxy) is 1. The maximum Gasteiger partial charge on any atom is 0.256 e. The summed E-state index contributed by atoms with van der Waals surface area (Å²) in [6.45, 7) is 3.68. The maximum atomic E-state index is 12.8. The molecule has 2 amide bonds. The summed E-state index contributed by atoms with van der Waals surface area (Å²) in [4.78, 5) is 40.9. The van der Waals surface area contributed by atoms with E-state index < -0.39 is 0 Å². The number of piperidine rings is 1. The van der Waals surface area contributed by atoms with E-state index in [2.05, 4.69) is 15.3 Å². The smallest absolute Gasteiger partial charge is 0.256 e. The Morgan fingerprint density at radius 3 is 2.82 bits per heavy atom. The third-order valence-corrected chi connectivity index (χ3v) is 6.92. The molecule has 196 valence electrons. The lowest BCUT2D eigenvalue weighted by Gasteiger charge is -2.32. The van der Waals surface area contributed by atoms with Crippen LogP contribution in [-0.2, 0) is 9.53 Å². The number of nitrogens with zero attached hydrogens (tertiary/aromatic N) is 5. The van der Waals surface area contributed by atoms with Crippen LogP contribution < -0.4 is 11.1 Å². The number of hydrogen-bond acceptors (Lipinski definition) is 7. The summed E-state index contributed by atoms with van der Waals surface area (Å²) >= 11 is 0. The number of hydrogen-bond donors (Lipinski definition) is 2. The largest absolute Gasteiger partial charge is 0.384 e. The Morgan fingerprint density at radius 1 is 1.18 bits per heavy atom. The van der Waals surface area contributed by atoms with Gasteiger partial charge in [0, 0.05) is 55.8 Å². The van der Waals surface area contributed by atoms with Gasteiger partial charge >= 0.3 is 0 Å². The summed E-state index contributed by atoms with van der Waals surface area (Å²) in [7, 11) is 1.60. The third kappa shape index (κ3) is 5.08. The Hall–Kier alpha value is -4.31. The molecule has 0 aliphatic carbocycles. The molecule has 0 unspecified atom stereocenters. The van der Waals surface area contributed by atoms with Crippen LogP contribution in [-0.4, -0.2) is 62.9 Å². The summed E-state index contributed by atoms with van der Waals surface area (Å²) < 4.78 is 7.08. The van der Waals surface area contributed by atoms with E-state index in [1.807, 2.05) is 40.6 Å². The zero-order valence-electron chi connectivity index (χ0n) is 21.6. The minimum atomic E-state index is -0.240. The number of aryl methyl sites for hydroxylation is 1. The van der Waals surface area contributed by atoms with Gasteiger partial charge in [0.05, 0.1) is 13.0 Å². The van der Waals surface area contributed by atoms with Crippen LogP contribution in [0.2, 0.25) is 0 Å². The average molecular weight is 514 g/mol. The first-order valence-electron chi connectivity index (χ1n) is 12.7. The zero-order chi connectivity index (χ0) is 26.6. The normalized spacial score (nSPS) is 15.5. The van der Waals surface area contributed by atoms with Crippen LogP contribution in [0.1, 0.15) is 46.9 Å². The Balaban J connectivity index is 1.47. The fraction of sp³-hybridized carbons (Fsp3) is 0.321. The lowest BCUT2D eigenvalue weighted by atomic mass is 9.97. The number of imidazole rings is 1. The van der Waals surface area contributed by atoms with Crippen molar-refractivity contribution in [2.24, 2.45) is 0 Å². The first-order chi connectivity index (χ1) is 18.5. The first-order valence-corrected chi connectivity index (χ1v) is 12.7. The van der Waals surface area contributed by atoms with Crippen LogP contribution in [0.5, 0.6) is 0 Å². The van der Waals surface area contributed by atoms with E-state index in [4.69, 9.17) is 15.5 Å². The van der Waals surface area contributed by atoms with Crippen LogP contribution in [0.15, 0.2) is 55.0 Å². The minimum absolute atomic E-state index is 0.0574. The molecule has 10 nitrogen and oxygen atoms in total. The molecule has 1 fully saturated rings. The molecule has 4 heterocycles. The number of methoxy groups -OCH3 is 1. The van der Waals surface area contributed by atoms with E-state index in [0.717, 1.165) is 41.9 Å². The van der Waals surface area contributed by atoms with E-state index in [-0.39, 0.29) is 17.7 Å². The number of anilines is 2. The molecule has 1 atom stereocenters. The van der Waals surface area contributed by atoms with Gasteiger partial charge in [-0.3, -0.25) is 14.0 Å². The van der Waals surface area contributed by atoms with E-state index in [1.54, 1.807) is 37.7 Å². The van der Waals surface area contributed by atoms with Crippen molar-refractivity contribution in [2.45, 2.75) is 32.1 Å². The molecule has 0 saturated carbocycles. The van der Waals surface area contributed by atoms with Crippen molar-refractivity contribution in [3.63, 3.8) is 0 Å². The van der Waals surface area contributed by atoms with E-state index in [0.29, 0.717) is 42.5 Å². The molecule has 1 saturated heterocycles. The van der Waals surface area contributed by atoms with Crippen LogP contribution in [0.25, 0.3) is 16.8 Å². The summed E-state index contributed by atoms with van der Waals surface area (Å²) in [5.74, 6) is 1.63. The van der Waals surface area contributed by atoms with Crippen molar-refractivity contribution >= 4 is 29.0 Å². The summed E-state index contributed by atoms with van der Waals surface area (Å²) in [6.07, 6.45) is 7.35. The van der Waals surface area contributed by atoms with Gasteiger partial charge in [0.2, 0.25) is 5.91 Å². The number of likely N-dealkylation sites (tertiary alicyclic amines) is 1. The molecule has 0 radical (unpaired) electrons. The molecule has 0 spiro atoms. The molecule has 1 aromatic carbocycles. The molecule has 5 rings (SSSR count). The maximum absolute atomic E-state index is 12.8. The fourth-order valence-electron chi connectivity index (χ4n) is 5.02. The second-order valence-electron chi connectivity index (χ2n) is 9.47. The SMILES string of the molecule is COCCC(=O)N1CCC[C@@H](c2nc(-c3ccc(C(=O)Nc4ccccn4)cc3C)c3c(N)nccn23)C1. The highest BCUT2D eigenvalue weighted by Gasteiger charge is 2.29. The molecule has 3 aromatic heterocycles. The molecule has 38 heavy (non-hydrogen) atoms. The number of amides is 2. The number of nitrogen functional groups attached to an aromatic ring is 1. The Bertz CT molecular complexity index is 1470. The van der Waals surface area contributed by atoms with Gasteiger partial charge in [0.1, 0.15) is 28.7 Å². The Labute approximate surface area is 220 Å². The summed E-state index contributed by atoms with van der Waals surface area (Å²) in [5.41, 5.74) is 10.1. The number of nitrogens with one attached hydrogen (secondary N) is 1. The number of pyridine rings is 1. The number of carbonyl (C=O) groups is 2.